The molecule has 2 nitrogen and oxygen atoms in total. The van der Waals surface area contributed by atoms with Gasteiger partial charge in [0.15, 0.2) is 0 Å². The Balaban J connectivity index is 2.26. The van der Waals surface area contributed by atoms with E-state index < -0.39 is 0 Å². The molecule has 0 fully saturated rings. The van der Waals surface area contributed by atoms with Gasteiger partial charge in [-0.2, -0.15) is 0 Å². The van der Waals surface area contributed by atoms with E-state index in [1.54, 1.807) is 0 Å². The predicted molar refractivity (Wildman–Crippen MR) is 68.3 cm³/mol. The van der Waals surface area contributed by atoms with Crippen LogP contribution in [0.3, 0.4) is 0 Å². The normalized spacial score (nSPS) is 12.6. The van der Waals surface area contributed by atoms with Crippen molar-refractivity contribution in [3.8, 4) is 11.3 Å². The standard InChI is InChI=1S/C14H18N2/c1-3-15-11(2)12-6-4-7-13(10-12)14-8-5-9-16-14/h4-11,15-16H,3H2,1-2H3. The second-order valence-electron chi connectivity index (χ2n) is 3.99. The molecule has 0 radical (unpaired) electrons. The summed E-state index contributed by atoms with van der Waals surface area (Å²) in [4.78, 5) is 3.23. The zero-order chi connectivity index (χ0) is 11.4. The quantitative estimate of drug-likeness (QED) is 0.802. The van der Waals surface area contributed by atoms with Crippen molar-refractivity contribution in [2.45, 2.75) is 19.9 Å². The molecule has 84 valence electrons. The van der Waals surface area contributed by atoms with Crippen molar-refractivity contribution in [1.82, 2.24) is 10.3 Å². The van der Waals surface area contributed by atoms with Crippen molar-refractivity contribution in [3.63, 3.8) is 0 Å². The fourth-order valence-corrected chi connectivity index (χ4v) is 1.91. The Labute approximate surface area is 96.7 Å². The van der Waals surface area contributed by atoms with Crippen LogP contribution in [0.25, 0.3) is 11.3 Å². The summed E-state index contributed by atoms with van der Waals surface area (Å²) in [5.41, 5.74) is 3.74. The number of hydrogen-bond acceptors (Lipinski definition) is 1. The van der Waals surface area contributed by atoms with Gasteiger partial charge in [-0.05, 0) is 42.8 Å². The molecule has 1 heterocycles. The van der Waals surface area contributed by atoms with Crippen molar-refractivity contribution in [3.05, 3.63) is 48.2 Å². The number of aromatic nitrogens is 1. The molecule has 0 aliphatic carbocycles. The smallest absolute Gasteiger partial charge is 0.0453 e. The zero-order valence-electron chi connectivity index (χ0n) is 9.83. The second kappa shape index (κ2) is 4.99. The number of aromatic amines is 1. The van der Waals surface area contributed by atoms with E-state index in [0.29, 0.717) is 6.04 Å². The number of nitrogens with one attached hydrogen (secondary N) is 2. The predicted octanol–water partition coefficient (Wildman–Crippen LogP) is 3.35. The average molecular weight is 214 g/mol. The molecule has 2 heteroatoms. The molecular formula is C14H18N2. The Hall–Kier alpha value is -1.54. The third kappa shape index (κ3) is 2.34. The minimum Gasteiger partial charge on any atom is -0.361 e. The molecule has 0 amide bonds. The minimum atomic E-state index is 0.403. The highest BCUT2D eigenvalue weighted by Crippen LogP contribution is 2.21. The highest BCUT2D eigenvalue weighted by atomic mass is 14.9. The Bertz CT molecular complexity index is 432. The first-order valence-electron chi connectivity index (χ1n) is 5.78. The van der Waals surface area contributed by atoms with Gasteiger partial charge in [0.1, 0.15) is 0 Å². The third-order valence-corrected chi connectivity index (χ3v) is 2.81. The summed E-state index contributed by atoms with van der Waals surface area (Å²) in [6, 6.07) is 13.2. The van der Waals surface area contributed by atoms with Gasteiger partial charge in [0.05, 0.1) is 0 Å². The minimum absolute atomic E-state index is 0.403. The second-order valence-corrected chi connectivity index (χ2v) is 3.99. The lowest BCUT2D eigenvalue weighted by Gasteiger charge is -2.13. The molecule has 2 N–H and O–H groups in total. The maximum Gasteiger partial charge on any atom is 0.0453 e. The van der Waals surface area contributed by atoms with Crippen molar-refractivity contribution < 1.29 is 0 Å². The largest absolute Gasteiger partial charge is 0.361 e. The van der Waals surface area contributed by atoms with Crippen LogP contribution in [0.4, 0.5) is 0 Å². The number of rotatable bonds is 4. The van der Waals surface area contributed by atoms with E-state index in [4.69, 9.17) is 0 Å². The van der Waals surface area contributed by atoms with Gasteiger partial charge < -0.3 is 10.3 Å². The highest BCUT2D eigenvalue weighted by Gasteiger charge is 2.05. The summed E-state index contributed by atoms with van der Waals surface area (Å²) in [5.74, 6) is 0. The van der Waals surface area contributed by atoms with Crippen molar-refractivity contribution in [1.29, 1.82) is 0 Å². The van der Waals surface area contributed by atoms with E-state index in [-0.39, 0.29) is 0 Å². The lowest BCUT2D eigenvalue weighted by Crippen LogP contribution is -2.17. The van der Waals surface area contributed by atoms with Crippen molar-refractivity contribution in [2.24, 2.45) is 0 Å². The first-order valence-corrected chi connectivity index (χ1v) is 5.78. The van der Waals surface area contributed by atoms with Gasteiger partial charge in [0, 0.05) is 17.9 Å². The Morgan fingerprint density at radius 2 is 2.12 bits per heavy atom. The van der Waals surface area contributed by atoms with Crippen LogP contribution in [0.2, 0.25) is 0 Å². The van der Waals surface area contributed by atoms with Crippen LogP contribution in [0.15, 0.2) is 42.6 Å². The maximum absolute atomic E-state index is 3.42. The van der Waals surface area contributed by atoms with E-state index in [1.165, 1.54) is 16.8 Å². The van der Waals surface area contributed by atoms with Crippen LogP contribution in [0, 0.1) is 0 Å². The molecule has 1 atom stereocenters. The zero-order valence-corrected chi connectivity index (χ0v) is 9.83. The van der Waals surface area contributed by atoms with Gasteiger partial charge in [-0.3, -0.25) is 0 Å². The number of benzene rings is 1. The molecule has 2 rings (SSSR count). The lowest BCUT2D eigenvalue weighted by atomic mass is 10.0. The average Bonchev–Trinajstić information content (AvgIpc) is 2.83. The molecule has 16 heavy (non-hydrogen) atoms. The molecular weight excluding hydrogens is 196 g/mol. The number of hydrogen-bond donors (Lipinski definition) is 2. The van der Waals surface area contributed by atoms with Crippen molar-refractivity contribution >= 4 is 0 Å². The van der Waals surface area contributed by atoms with Crippen LogP contribution in [-0.4, -0.2) is 11.5 Å². The molecule has 2 aromatic rings. The molecule has 0 spiro atoms. The van der Waals surface area contributed by atoms with E-state index in [9.17, 15) is 0 Å². The number of H-pyrrole nitrogens is 1. The molecule has 0 saturated heterocycles. The summed E-state index contributed by atoms with van der Waals surface area (Å²) in [6.45, 7) is 5.32. The Kier molecular flexibility index (Phi) is 3.42. The first kappa shape index (κ1) is 11.0. The van der Waals surface area contributed by atoms with Gasteiger partial charge in [0.2, 0.25) is 0 Å². The Morgan fingerprint density at radius 1 is 1.25 bits per heavy atom. The van der Waals surface area contributed by atoms with Gasteiger partial charge in [-0.15, -0.1) is 0 Å². The summed E-state index contributed by atoms with van der Waals surface area (Å²) in [5, 5.41) is 3.42. The summed E-state index contributed by atoms with van der Waals surface area (Å²) in [6.07, 6.45) is 1.95. The van der Waals surface area contributed by atoms with E-state index >= 15 is 0 Å². The van der Waals surface area contributed by atoms with Gasteiger partial charge in [-0.25, -0.2) is 0 Å². The lowest BCUT2D eigenvalue weighted by molar-refractivity contribution is 0.598. The van der Waals surface area contributed by atoms with Crippen LogP contribution in [0.1, 0.15) is 25.5 Å². The van der Waals surface area contributed by atoms with Crippen LogP contribution in [-0.2, 0) is 0 Å². The summed E-state index contributed by atoms with van der Waals surface area (Å²) < 4.78 is 0. The van der Waals surface area contributed by atoms with E-state index in [1.807, 2.05) is 12.3 Å². The molecule has 0 saturated carbocycles. The third-order valence-electron chi connectivity index (χ3n) is 2.81. The molecule has 1 aromatic heterocycles. The topological polar surface area (TPSA) is 27.8 Å². The molecule has 1 unspecified atom stereocenters. The molecule has 0 aliphatic rings. The SMILES string of the molecule is CCNC(C)c1cccc(-c2ccc[nH]2)c1. The van der Waals surface area contributed by atoms with Crippen LogP contribution >= 0.6 is 0 Å². The highest BCUT2D eigenvalue weighted by molar-refractivity contribution is 5.60. The van der Waals surface area contributed by atoms with Gasteiger partial charge in [0.25, 0.3) is 0 Å². The molecule has 0 aliphatic heterocycles. The van der Waals surface area contributed by atoms with Crippen LogP contribution in [0.5, 0.6) is 0 Å². The first-order chi connectivity index (χ1) is 7.81. The monoisotopic (exact) mass is 214 g/mol. The van der Waals surface area contributed by atoms with Gasteiger partial charge >= 0.3 is 0 Å². The Morgan fingerprint density at radius 3 is 2.81 bits per heavy atom. The molecule has 1 aromatic carbocycles. The van der Waals surface area contributed by atoms with Crippen LogP contribution < -0.4 is 5.32 Å². The summed E-state index contributed by atoms with van der Waals surface area (Å²) in [7, 11) is 0. The van der Waals surface area contributed by atoms with Crippen molar-refractivity contribution in [2.75, 3.05) is 6.54 Å². The van der Waals surface area contributed by atoms with E-state index in [2.05, 4.69) is 54.5 Å². The summed E-state index contributed by atoms with van der Waals surface area (Å²) >= 11 is 0. The van der Waals surface area contributed by atoms with Gasteiger partial charge in [-0.1, -0.05) is 25.1 Å². The molecule has 0 bridgehead atoms. The fraction of sp³-hybridized carbons (Fsp3) is 0.286. The fourth-order valence-electron chi connectivity index (χ4n) is 1.91. The van der Waals surface area contributed by atoms with E-state index in [0.717, 1.165) is 6.54 Å². The maximum atomic E-state index is 3.42.